The van der Waals surface area contributed by atoms with Gasteiger partial charge in [0.05, 0.1) is 15.9 Å². The van der Waals surface area contributed by atoms with Crippen LogP contribution in [0, 0.1) is 11.8 Å². The lowest BCUT2D eigenvalue weighted by Crippen LogP contribution is -2.50. The van der Waals surface area contributed by atoms with Crippen LogP contribution in [0.1, 0.15) is 25.7 Å². The molecule has 6 nitrogen and oxygen atoms in total. The minimum Gasteiger partial charge on any atom is -0.297 e. The molecule has 30 heavy (non-hydrogen) atoms. The highest BCUT2D eigenvalue weighted by molar-refractivity contribution is 7.13. The first-order valence-electron chi connectivity index (χ1n) is 10.5. The molecule has 0 spiro atoms. The minimum atomic E-state index is -0.646. The summed E-state index contributed by atoms with van der Waals surface area (Å²) >= 11 is 1.58. The molecule has 8 heteroatoms. The van der Waals surface area contributed by atoms with Gasteiger partial charge in [-0.25, -0.2) is 14.4 Å². The average Bonchev–Trinajstić information content (AvgIpc) is 3.27. The lowest BCUT2D eigenvalue weighted by atomic mass is 9.81. The van der Waals surface area contributed by atoms with Crippen LogP contribution in [0.25, 0.3) is 21.3 Å². The van der Waals surface area contributed by atoms with Crippen LogP contribution in [-0.2, 0) is 4.79 Å². The largest absolute Gasteiger partial charge is 0.297 e. The number of alkyl halides is 1. The number of amides is 1. The highest BCUT2D eigenvalue weighted by Crippen LogP contribution is 2.31. The Morgan fingerprint density at radius 3 is 2.77 bits per heavy atom. The number of aromatic nitrogens is 3. The Hall–Kier alpha value is -2.45. The van der Waals surface area contributed by atoms with Crippen LogP contribution < -0.4 is 5.32 Å². The molecule has 1 saturated heterocycles. The molecule has 3 aromatic rings. The summed E-state index contributed by atoms with van der Waals surface area (Å²) in [5.74, 6) is 0.919. The van der Waals surface area contributed by atoms with E-state index in [2.05, 4.69) is 25.2 Å². The van der Waals surface area contributed by atoms with Crippen molar-refractivity contribution in [1.29, 1.82) is 0 Å². The highest BCUT2D eigenvalue weighted by Gasteiger charge is 2.31. The molecule has 0 unspecified atom stereocenters. The highest BCUT2D eigenvalue weighted by atomic mass is 32.1. The van der Waals surface area contributed by atoms with E-state index in [1.54, 1.807) is 23.0 Å². The molecule has 1 amide bonds. The Labute approximate surface area is 178 Å². The molecule has 5 rings (SSSR count). The third-order valence-electron chi connectivity index (χ3n) is 6.18. The summed E-state index contributed by atoms with van der Waals surface area (Å²) in [6, 6.07) is 6.02. The second-order valence-electron chi connectivity index (χ2n) is 8.36. The normalized spacial score (nSPS) is 22.7. The van der Waals surface area contributed by atoms with Crippen LogP contribution in [0.2, 0.25) is 0 Å². The minimum absolute atomic E-state index is 0.000756. The third-order valence-corrected chi connectivity index (χ3v) is 7.00. The van der Waals surface area contributed by atoms with Gasteiger partial charge in [-0.3, -0.25) is 20.0 Å². The second-order valence-corrected chi connectivity index (χ2v) is 9.24. The molecule has 0 radical (unpaired) electrons. The lowest BCUT2D eigenvalue weighted by Gasteiger charge is -2.38. The van der Waals surface area contributed by atoms with Gasteiger partial charge in [0.25, 0.3) is 0 Å². The van der Waals surface area contributed by atoms with Crippen molar-refractivity contribution >= 4 is 34.1 Å². The van der Waals surface area contributed by atoms with Gasteiger partial charge in [0, 0.05) is 43.3 Å². The summed E-state index contributed by atoms with van der Waals surface area (Å²) < 4.78 is 13.0. The van der Waals surface area contributed by atoms with Gasteiger partial charge < -0.3 is 0 Å². The van der Waals surface area contributed by atoms with Gasteiger partial charge in [0.1, 0.15) is 6.17 Å². The zero-order valence-electron chi connectivity index (χ0n) is 16.6. The summed E-state index contributed by atoms with van der Waals surface area (Å²) in [6.45, 7) is 2.11. The maximum Gasteiger partial charge on any atom is 0.229 e. The van der Waals surface area contributed by atoms with Crippen LogP contribution in [0.4, 0.5) is 10.3 Å². The molecule has 2 aliphatic rings. The number of benzene rings is 1. The summed E-state index contributed by atoms with van der Waals surface area (Å²) in [5, 5.41) is 3.84. The van der Waals surface area contributed by atoms with E-state index in [0.29, 0.717) is 25.0 Å². The van der Waals surface area contributed by atoms with E-state index in [9.17, 15) is 9.18 Å². The van der Waals surface area contributed by atoms with Gasteiger partial charge >= 0.3 is 0 Å². The summed E-state index contributed by atoms with van der Waals surface area (Å²) in [7, 11) is 0. The first-order valence-corrected chi connectivity index (χ1v) is 11.3. The Morgan fingerprint density at radius 1 is 1.20 bits per heavy atom. The summed E-state index contributed by atoms with van der Waals surface area (Å²) in [6.07, 6.45) is 6.71. The fourth-order valence-corrected chi connectivity index (χ4v) is 5.06. The smallest absolute Gasteiger partial charge is 0.229 e. The number of anilines is 1. The molecule has 3 heterocycles. The number of nitrogens with one attached hydrogen (secondary N) is 1. The number of halogens is 1. The Bertz CT molecular complexity index is 1030. The summed E-state index contributed by atoms with van der Waals surface area (Å²) in [4.78, 5) is 29.0. The predicted molar refractivity (Wildman–Crippen MR) is 116 cm³/mol. The van der Waals surface area contributed by atoms with Crippen LogP contribution in [0.5, 0.6) is 0 Å². The number of hydrogen-bond acceptors (Lipinski definition) is 6. The molecule has 1 aliphatic carbocycles. The van der Waals surface area contributed by atoms with Crippen molar-refractivity contribution in [2.75, 3.05) is 25.0 Å². The third kappa shape index (κ3) is 4.20. The zero-order valence-corrected chi connectivity index (χ0v) is 17.4. The molecular formula is C22H24FN5OS. The van der Waals surface area contributed by atoms with Gasteiger partial charge in [-0.1, -0.05) is 12.1 Å². The quantitative estimate of drug-likeness (QED) is 0.665. The number of likely N-dealkylation sites (tertiary alicyclic amines) is 1. The number of hydrogen-bond donors (Lipinski definition) is 1. The van der Waals surface area contributed by atoms with Crippen LogP contribution >= 0.6 is 11.3 Å². The topological polar surface area (TPSA) is 71.0 Å². The first-order chi connectivity index (χ1) is 14.6. The van der Waals surface area contributed by atoms with E-state index in [4.69, 9.17) is 0 Å². The number of carbonyl (C=O) groups excluding carboxylic acids is 1. The molecule has 156 valence electrons. The molecule has 2 fully saturated rings. The fraction of sp³-hybridized carbons (Fsp3) is 0.455. The first kappa shape index (κ1) is 19.5. The molecule has 1 N–H and O–H groups in total. The van der Waals surface area contributed by atoms with E-state index in [1.165, 1.54) is 0 Å². The van der Waals surface area contributed by atoms with Gasteiger partial charge in [-0.15, -0.1) is 11.3 Å². The number of nitrogens with zero attached hydrogens (tertiary/aromatic N) is 4. The molecule has 1 aliphatic heterocycles. The SMILES string of the molecule is O=C(Nc1ncc2ccc(-c3cncs3)cc2n1)[C@H]1CC[C@H](CN2CC(F)C2)CC1. The van der Waals surface area contributed by atoms with E-state index in [-0.39, 0.29) is 11.8 Å². The van der Waals surface area contributed by atoms with Gasteiger partial charge in [0.15, 0.2) is 0 Å². The monoisotopic (exact) mass is 425 g/mol. The van der Waals surface area contributed by atoms with Crippen LogP contribution in [0.15, 0.2) is 36.1 Å². The zero-order chi connectivity index (χ0) is 20.5. The van der Waals surface area contributed by atoms with E-state index < -0.39 is 6.17 Å². The molecule has 1 saturated carbocycles. The molecule has 0 bridgehead atoms. The fourth-order valence-electron chi connectivity index (χ4n) is 4.44. The van der Waals surface area contributed by atoms with Crippen molar-refractivity contribution in [3.05, 3.63) is 36.1 Å². The van der Waals surface area contributed by atoms with E-state index in [0.717, 1.165) is 53.6 Å². The predicted octanol–water partition coefficient (Wildman–Crippen LogP) is 4.15. The van der Waals surface area contributed by atoms with E-state index >= 15 is 0 Å². The van der Waals surface area contributed by atoms with Gasteiger partial charge in [-0.2, -0.15) is 0 Å². The molecule has 1 aromatic carbocycles. The van der Waals surface area contributed by atoms with Crippen molar-refractivity contribution in [3.8, 4) is 10.4 Å². The van der Waals surface area contributed by atoms with Gasteiger partial charge in [-0.05, 0) is 43.2 Å². The lowest BCUT2D eigenvalue weighted by molar-refractivity contribution is -0.121. The van der Waals surface area contributed by atoms with Crippen molar-refractivity contribution in [3.63, 3.8) is 0 Å². The van der Waals surface area contributed by atoms with Crippen molar-refractivity contribution < 1.29 is 9.18 Å². The number of thiazole rings is 1. The van der Waals surface area contributed by atoms with Crippen molar-refractivity contribution in [2.45, 2.75) is 31.9 Å². The Balaban J connectivity index is 1.20. The van der Waals surface area contributed by atoms with Crippen LogP contribution in [-0.4, -0.2) is 51.6 Å². The van der Waals surface area contributed by atoms with Crippen LogP contribution in [0.3, 0.4) is 0 Å². The Kier molecular flexibility index (Phi) is 5.43. The van der Waals surface area contributed by atoms with Crippen molar-refractivity contribution in [2.24, 2.45) is 11.8 Å². The maximum atomic E-state index is 13.0. The number of carbonyl (C=O) groups is 1. The average molecular weight is 426 g/mol. The molecule has 2 aromatic heterocycles. The Morgan fingerprint density at radius 2 is 2.03 bits per heavy atom. The standard InChI is InChI=1S/C22H24FN5OS/c23-18-11-28(12-18)10-14-1-3-15(4-2-14)21(29)27-22-25-8-17-6-5-16(7-19(17)26-22)20-9-24-13-30-20/h5-9,13-15,18H,1-4,10-12H2,(H,25,26,27,29)/t14-,15-. The van der Waals surface area contributed by atoms with Crippen molar-refractivity contribution in [1.82, 2.24) is 19.9 Å². The second kappa shape index (κ2) is 8.35. The number of rotatable bonds is 5. The van der Waals surface area contributed by atoms with E-state index in [1.807, 2.05) is 24.4 Å². The molecule has 0 atom stereocenters. The summed E-state index contributed by atoms with van der Waals surface area (Å²) in [5.41, 5.74) is 3.66. The maximum absolute atomic E-state index is 13.0. The molecular weight excluding hydrogens is 401 g/mol. The number of fused-ring (bicyclic) bond motifs is 1. The van der Waals surface area contributed by atoms with Gasteiger partial charge in [0.2, 0.25) is 11.9 Å².